The molecule has 0 radical (unpaired) electrons. The molecule has 0 aromatic heterocycles. The molecule has 0 saturated carbocycles. The molecule has 0 aliphatic rings. The number of ketones is 1. The number of anilines is 1. The van der Waals surface area contributed by atoms with Crippen LogP contribution in [0.5, 0.6) is 0 Å². The molecule has 2 nitrogen and oxygen atoms in total. The second-order valence-corrected chi connectivity index (χ2v) is 4.94. The Morgan fingerprint density at radius 3 is 2.43 bits per heavy atom. The van der Waals surface area contributed by atoms with Crippen LogP contribution in [-0.4, -0.2) is 19.4 Å². The van der Waals surface area contributed by atoms with Crippen molar-refractivity contribution in [2.45, 2.75) is 12.8 Å². The van der Waals surface area contributed by atoms with E-state index in [2.05, 4.69) is 0 Å². The molecule has 0 unspecified atom stereocenters. The first-order valence-electron chi connectivity index (χ1n) is 6.82. The smallest absolute Gasteiger partial charge is 0.162 e. The first-order valence-corrected chi connectivity index (χ1v) is 6.82. The standard InChI is InChI=1S/C17H17F2NO/c1-20(16-5-2-4-15(19)12-16)11-3-6-17(21)13-7-9-14(18)10-8-13/h2,4-5,7-10,12H,3,6,11H2,1H3. The van der Waals surface area contributed by atoms with Gasteiger partial charge >= 0.3 is 0 Å². The molecule has 0 N–H and O–H groups in total. The average Bonchev–Trinajstić information content (AvgIpc) is 2.47. The maximum Gasteiger partial charge on any atom is 0.162 e. The highest BCUT2D eigenvalue weighted by atomic mass is 19.1. The molecule has 0 aliphatic heterocycles. The van der Waals surface area contributed by atoms with Gasteiger partial charge in [-0.1, -0.05) is 6.07 Å². The summed E-state index contributed by atoms with van der Waals surface area (Å²) in [5, 5.41) is 0. The van der Waals surface area contributed by atoms with Gasteiger partial charge in [0.25, 0.3) is 0 Å². The fraction of sp³-hybridized carbons (Fsp3) is 0.235. The molecule has 0 atom stereocenters. The maximum absolute atomic E-state index is 13.1. The third-order valence-corrected chi connectivity index (χ3v) is 3.31. The minimum absolute atomic E-state index is 0.0114. The van der Waals surface area contributed by atoms with Crippen molar-refractivity contribution in [3.63, 3.8) is 0 Å². The van der Waals surface area contributed by atoms with Gasteiger partial charge in [0.05, 0.1) is 0 Å². The zero-order valence-electron chi connectivity index (χ0n) is 11.9. The summed E-state index contributed by atoms with van der Waals surface area (Å²) in [6.07, 6.45) is 1.04. The van der Waals surface area contributed by atoms with Gasteiger partial charge in [-0.15, -0.1) is 0 Å². The number of rotatable bonds is 6. The predicted octanol–water partition coefficient (Wildman–Crippen LogP) is 4.06. The Morgan fingerprint density at radius 1 is 1.05 bits per heavy atom. The van der Waals surface area contributed by atoms with E-state index in [0.29, 0.717) is 24.9 Å². The van der Waals surface area contributed by atoms with E-state index in [1.54, 1.807) is 6.07 Å². The fourth-order valence-corrected chi connectivity index (χ4v) is 2.10. The van der Waals surface area contributed by atoms with Gasteiger partial charge in [-0.05, 0) is 48.9 Å². The van der Waals surface area contributed by atoms with Crippen LogP contribution in [-0.2, 0) is 0 Å². The number of carbonyl (C=O) groups is 1. The second kappa shape index (κ2) is 6.97. The fourth-order valence-electron chi connectivity index (χ4n) is 2.10. The van der Waals surface area contributed by atoms with Gasteiger partial charge in [-0.25, -0.2) is 8.78 Å². The highest BCUT2D eigenvalue weighted by Gasteiger charge is 2.07. The molecule has 2 rings (SSSR count). The van der Waals surface area contributed by atoms with Gasteiger partial charge in [0.15, 0.2) is 5.78 Å². The molecule has 0 bridgehead atoms. The van der Waals surface area contributed by atoms with Gasteiger partial charge in [-0.2, -0.15) is 0 Å². The van der Waals surface area contributed by atoms with Crippen molar-refractivity contribution in [3.05, 3.63) is 65.7 Å². The molecule has 0 heterocycles. The minimum atomic E-state index is -0.350. The number of hydrogen-bond acceptors (Lipinski definition) is 2. The molecule has 21 heavy (non-hydrogen) atoms. The Morgan fingerprint density at radius 2 is 1.76 bits per heavy atom. The highest BCUT2D eigenvalue weighted by Crippen LogP contribution is 2.15. The van der Waals surface area contributed by atoms with Crippen LogP contribution in [0.3, 0.4) is 0 Å². The Hall–Kier alpha value is -2.23. The number of hydrogen-bond donors (Lipinski definition) is 0. The first-order chi connectivity index (χ1) is 10.1. The predicted molar refractivity (Wildman–Crippen MR) is 79.6 cm³/mol. The number of Topliss-reactive ketones (excluding diaryl/α,β-unsaturated/α-hetero) is 1. The molecule has 110 valence electrons. The largest absolute Gasteiger partial charge is 0.375 e. The van der Waals surface area contributed by atoms with Crippen molar-refractivity contribution in [1.82, 2.24) is 0 Å². The Balaban J connectivity index is 1.83. The van der Waals surface area contributed by atoms with Crippen LogP contribution in [0.2, 0.25) is 0 Å². The highest BCUT2D eigenvalue weighted by molar-refractivity contribution is 5.95. The van der Waals surface area contributed by atoms with Crippen molar-refractivity contribution in [3.8, 4) is 0 Å². The molecule has 4 heteroatoms. The molecule has 2 aromatic rings. The lowest BCUT2D eigenvalue weighted by molar-refractivity contribution is 0.0980. The minimum Gasteiger partial charge on any atom is -0.375 e. The number of benzene rings is 2. The molecule has 0 fully saturated rings. The first kappa shape index (κ1) is 15.2. The van der Waals surface area contributed by atoms with Crippen LogP contribution < -0.4 is 4.90 Å². The quantitative estimate of drug-likeness (QED) is 0.747. The van der Waals surface area contributed by atoms with Crippen LogP contribution in [0.15, 0.2) is 48.5 Å². The van der Waals surface area contributed by atoms with Crippen molar-refractivity contribution in [2.75, 3.05) is 18.5 Å². The zero-order chi connectivity index (χ0) is 15.2. The van der Waals surface area contributed by atoms with Gasteiger partial charge < -0.3 is 4.90 Å². The topological polar surface area (TPSA) is 20.3 Å². The summed E-state index contributed by atoms with van der Waals surface area (Å²) in [5.41, 5.74) is 1.30. The van der Waals surface area contributed by atoms with Crippen molar-refractivity contribution in [2.24, 2.45) is 0 Å². The summed E-state index contributed by atoms with van der Waals surface area (Å²) in [6.45, 7) is 0.649. The van der Waals surface area contributed by atoms with Gasteiger partial charge in [0.1, 0.15) is 11.6 Å². The third kappa shape index (κ3) is 4.38. The normalized spacial score (nSPS) is 10.4. The van der Waals surface area contributed by atoms with Crippen molar-refractivity contribution >= 4 is 11.5 Å². The lowest BCUT2D eigenvalue weighted by atomic mass is 10.1. The van der Waals surface area contributed by atoms with E-state index in [0.717, 1.165) is 5.69 Å². The molecule has 0 saturated heterocycles. The van der Waals surface area contributed by atoms with Crippen molar-refractivity contribution in [1.29, 1.82) is 0 Å². The molecule has 0 aliphatic carbocycles. The molecular weight excluding hydrogens is 272 g/mol. The Bertz CT molecular complexity index is 610. The van der Waals surface area contributed by atoms with Gasteiger partial charge in [-0.3, -0.25) is 4.79 Å². The van der Waals surface area contributed by atoms with Crippen molar-refractivity contribution < 1.29 is 13.6 Å². The second-order valence-electron chi connectivity index (χ2n) is 4.94. The molecule has 2 aromatic carbocycles. The summed E-state index contributed by atoms with van der Waals surface area (Å²) < 4.78 is 25.9. The zero-order valence-corrected chi connectivity index (χ0v) is 11.9. The molecule has 0 spiro atoms. The van der Waals surface area contributed by atoms with E-state index in [1.165, 1.54) is 36.4 Å². The number of halogens is 2. The summed E-state index contributed by atoms with van der Waals surface area (Å²) in [6, 6.07) is 11.9. The Kier molecular flexibility index (Phi) is 5.04. The van der Waals surface area contributed by atoms with Crippen LogP contribution in [0.1, 0.15) is 23.2 Å². The summed E-state index contributed by atoms with van der Waals surface area (Å²) >= 11 is 0. The van der Waals surface area contributed by atoms with E-state index in [9.17, 15) is 13.6 Å². The van der Waals surface area contributed by atoms with E-state index in [-0.39, 0.29) is 17.4 Å². The van der Waals surface area contributed by atoms with Crippen LogP contribution in [0, 0.1) is 11.6 Å². The molecule has 0 amide bonds. The summed E-state index contributed by atoms with van der Waals surface area (Å²) in [5.74, 6) is -0.637. The van der Waals surface area contributed by atoms with Crippen LogP contribution in [0.25, 0.3) is 0 Å². The van der Waals surface area contributed by atoms with E-state index in [4.69, 9.17) is 0 Å². The summed E-state index contributed by atoms with van der Waals surface area (Å²) in [7, 11) is 1.86. The van der Waals surface area contributed by atoms with Crippen LogP contribution in [0.4, 0.5) is 14.5 Å². The van der Waals surface area contributed by atoms with Gasteiger partial charge in [0.2, 0.25) is 0 Å². The van der Waals surface area contributed by atoms with Crippen LogP contribution >= 0.6 is 0 Å². The number of nitrogens with zero attached hydrogens (tertiary/aromatic N) is 1. The van der Waals surface area contributed by atoms with Gasteiger partial charge in [0, 0.05) is 31.3 Å². The van der Waals surface area contributed by atoms with E-state index in [1.807, 2.05) is 18.0 Å². The average molecular weight is 289 g/mol. The number of carbonyl (C=O) groups excluding carboxylic acids is 1. The van der Waals surface area contributed by atoms with E-state index < -0.39 is 0 Å². The lowest BCUT2D eigenvalue weighted by Crippen LogP contribution is -2.19. The molecular formula is C17H17F2NO. The monoisotopic (exact) mass is 289 g/mol. The Labute approximate surface area is 123 Å². The SMILES string of the molecule is CN(CCCC(=O)c1ccc(F)cc1)c1cccc(F)c1. The third-order valence-electron chi connectivity index (χ3n) is 3.31. The maximum atomic E-state index is 13.1. The lowest BCUT2D eigenvalue weighted by Gasteiger charge is -2.19. The van der Waals surface area contributed by atoms with E-state index >= 15 is 0 Å². The summed E-state index contributed by atoms with van der Waals surface area (Å²) in [4.78, 5) is 13.8.